The first-order chi connectivity index (χ1) is 12.9. The minimum atomic E-state index is -0.918. The molecule has 140 valence electrons. The van der Waals surface area contributed by atoms with Crippen LogP contribution in [0, 0.1) is 5.41 Å². The normalized spacial score (nSPS) is 21.2. The number of fused-ring (bicyclic) bond motifs is 1. The number of nitrogens with one attached hydrogen (secondary N) is 1. The van der Waals surface area contributed by atoms with E-state index in [1.807, 2.05) is 46.7 Å². The molecule has 1 aromatic carbocycles. The highest BCUT2D eigenvalue weighted by Gasteiger charge is 2.42. The molecule has 0 bridgehead atoms. The van der Waals surface area contributed by atoms with E-state index in [0.29, 0.717) is 12.0 Å². The second kappa shape index (κ2) is 6.53. The Morgan fingerprint density at radius 1 is 1.26 bits per heavy atom. The van der Waals surface area contributed by atoms with Crippen molar-refractivity contribution in [3.8, 4) is 0 Å². The fourth-order valence-corrected chi connectivity index (χ4v) is 4.96. The van der Waals surface area contributed by atoms with Gasteiger partial charge in [-0.2, -0.15) is 0 Å². The summed E-state index contributed by atoms with van der Waals surface area (Å²) in [5.74, 6) is -0.825. The van der Waals surface area contributed by atoms with Gasteiger partial charge in [-0.05, 0) is 35.4 Å². The molecule has 1 aromatic heterocycles. The third-order valence-corrected chi connectivity index (χ3v) is 6.05. The smallest absolute Gasteiger partial charge is 0.323 e. The monoisotopic (exact) mass is 382 g/mol. The van der Waals surface area contributed by atoms with Gasteiger partial charge in [0, 0.05) is 22.6 Å². The molecule has 0 saturated carbocycles. The Morgan fingerprint density at radius 2 is 2.04 bits per heavy atom. The lowest BCUT2D eigenvalue weighted by Crippen LogP contribution is -2.38. The van der Waals surface area contributed by atoms with Crippen LogP contribution in [0.15, 0.2) is 53.0 Å². The average molecular weight is 382 g/mol. The van der Waals surface area contributed by atoms with Crippen LogP contribution < -0.4 is 10.2 Å². The molecule has 0 amide bonds. The predicted molar refractivity (Wildman–Crippen MR) is 107 cm³/mol. The van der Waals surface area contributed by atoms with Crippen molar-refractivity contribution in [2.75, 3.05) is 16.8 Å². The summed E-state index contributed by atoms with van der Waals surface area (Å²) < 4.78 is 0. The summed E-state index contributed by atoms with van der Waals surface area (Å²) in [6.07, 6.45) is 1.22. The fraction of sp³-hybridized carbons (Fsp3) is 0.333. The van der Waals surface area contributed by atoms with E-state index in [4.69, 9.17) is 0 Å². The molecule has 2 aliphatic rings. The van der Waals surface area contributed by atoms with Gasteiger partial charge in [0.1, 0.15) is 6.54 Å². The van der Waals surface area contributed by atoms with Crippen molar-refractivity contribution in [3.63, 3.8) is 0 Å². The van der Waals surface area contributed by atoms with Crippen molar-refractivity contribution in [1.82, 2.24) is 0 Å². The first-order valence-electron chi connectivity index (χ1n) is 9.00. The zero-order valence-corrected chi connectivity index (χ0v) is 16.2. The Morgan fingerprint density at radius 3 is 2.74 bits per heavy atom. The van der Waals surface area contributed by atoms with Crippen LogP contribution in [0.5, 0.6) is 0 Å². The number of carbonyl (C=O) groups excluding carboxylic acids is 1. The molecular formula is C21H22N2O3S. The van der Waals surface area contributed by atoms with Crippen LogP contribution in [0.4, 0.5) is 11.4 Å². The number of thiophene rings is 1. The highest BCUT2D eigenvalue weighted by molar-refractivity contribution is 7.10. The van der Waals surface area contributed by atoms with Crippen LogP contribution in [0.2, 0.25) is 0 Å². The standard InChI is InChI=1S/C21H22N2O3S/c1-21(2)10-14-19(16(24)11-21)20(17-8-5-9-27-17)23(12-18(25)26)15-7-4-3-6-13(15)22-14/h3-9,20,22H,10-12H2,1-2H3,(H,25,26)/t20-/m1/s1. The zero-order valence-electron chi connectivity index (χ0n) is 15.4. The topological polar surface area (TPSA) is 69.6 Å². The number of Topliss-reactive ketones (excluding diaryl/α,β-unsaturated/α-hetero) is 1. The highest BCUT2D eigenvalue weighted by Crippen LogP contribution is 2.48. The van der Waals surface area contributed by atoms with Gasteiger partial charge in [0.05, 0.1) is 17.4 Å². The van der Waals surface area contributed by atoms with Crippen LogP contribution in [0.1, 0.15) is 37.6 Å². The lowest BCUT2D eigenvalue weighted by molar-refractivity contribution is -0.135. The second-order valence-corrected chi connectivity index (χ2v) is 8.89. The van der Waals surface area contributed by atoms with Crippen LogP contribution in [-0.2, 0) is 9.59 Å². The van der Waals surface area contributed by atoms with E-state index in [9.17, 15) is 14.7 Å². The van der Waals surface area contributed by atoms with Gasteiger partial charge < -0.3 is 15.3 Å². The highest BCUT2D eigenvalue weighted by atomic mass is 32.1. The van der Waals surface area contributed by atoms with Crippen LogP contribution in [-0.4, -0.2) is 23.4 Å². The SMILES string of the molecule is CC1(C)CC(=O)C2=C(C1)Nc1ccccc1N(CC(=O)O)[C@@H]2c1cccs1. The Labute approximate surface area is 162 Å². The molecule has 0 radical (unpaired) electrons. The average Bonchev–Trinajstić information content (AvgIpc) is 3.06. The Balaban J connectivity index is 1.96. The van der Waals surface area contributed by atoms with Crippen molar-refractivity contribution in [1.29, 1.82) is 0 Å². The Bertz CT molecular complexity index is 931. The van der Waals surface area contributed by atoms with E-state index >= 15 is 0 Å². The minimum Gasteiger partial charge on any atom is -0.480 e. The minimum absolute atomic E-state index is 0.0929. The summed E-state index contributed by atoms with van der Waals surface area (Å²) in [5, 5.41) is 15.0. The van der Waals surface area contributed by atoms with Crippen molar-refractivity contribution in [2.24, 2.45) is 5.41 Å². The molecule has 2 N–H and O–H groups in total. The van der Waals surface area contributed by atoms with Crippen molar-refractivity contribution in [2.45, 2.75) is 32.7 Å². The number of benzene rings is 1. The van der Waals surface area contributed by atoms with Crippen LogP contribution >= 0.6 is 11.3 Å². The molecule has 2 aromatic rings. The quantitative estimate of drug-likeness (QED) is 0.821. The number of para-hydroxylation sites is 2. The number of carbonyl (C=O) groups is 2. The number of aliphatic carboxylic acids is 1. The van der Waals surface area contributed by atoms with Gasteiger partial charge in [-0.3, -0.25) is 9.59 Å². The molecule has 0 fully saturated rings. The molecule has 1 aliphatic heterocycles. The van der Waals surface area contributed by atoms with Gasteiger partial charge >= 0.3 is 5.97 Å². The summed E-state index contributed by atoms with van der Waals surface area (Å²) in [7, 11) is 0. The summed E-state index contributed by atoms with van der Waals surface area (Å²) in [4.78, 5) is 27.7. The number of rotatable bonds is 3. The summed E-state index contributed by atoms with van der Waals surface area (Å²) in [5.41, 5.74) is 3.14. The molecule has 0 spiro atoms. The molecular weight excluding hydrogens is 360 g/mol. The molecule has 0 saturated heterocycles. The van der Waals surface area contributed by atoms with Gasteiger partial charge in [-0.25, -0.2) is 0 Å². The first kappa shape index (κ1) is 17.8. The number of anilines is 2. The molecule has 4 rings (SSSR count). The van der Waals surface area contributed by atoms with E-state index in [2.05, 4.69) is 19.2 Å². The molecule has 1 aliphatic carbocycles. The number of hydrogen-bond donors (Lipinski definition) is 2. The maximum Gasteiger partial charge on any atom is 0.323 e. The maximum absolute atomic E-state index is 13.2. The Kier molecular flexibility index (Phi) is 4.30. The van der Waals surface area contributed by atoms with Gasteiger partial charge in [0.2, 0.25) is 0 Å². The number of ketones is 1. The van der Waals surface area contributed by atoms with Gasteiger partial charge in [-0.1, -0.05) is 32.0 Å². The summed E-state index contributed by atoms with van der Waals surface area (Å²) in [6, 6.07) is 11.2. The third-order valence-electron chi connectivity index (χ3n) is 5.12. The van der Waals surface area contributed by atoms with Gasteiger partial charge in [0.15, 0.2) is 5.78 Å². The van der Waals surface area contributed by atoms with E-state index in [1.165, 1.54) is 0 Å². The molecule has 6 heteroatoms. The first-order valence-corrected chi connectivity index (χ1v) is 9.88. The number of carboxylic acids is 1. The van der Waals surface area contributed by atoms with E-state index in [0.717, 1.165) is 28.4 Å². The summed E-state index contributed by atoms with van der Waals surface area (Å²) >= 11 is 1.55. The van der Waals surface area contributed by atoms with Gasteiger partial charge in [0.25, 0.3) is 0 Å². The fourth-order valence-electron chi connectivity index (χ4n) is 4.12. The number of nitrogens with zero attached hydrogens (tertiary/aromatic N) is 1. The van der Waals surface area contributed by atoms with Crippen molar-refractivity contribution in [3.05, 3.63) is 57.9 Å². The van der Waals surface area contributed by atoms with Gasteiger partial charge in [-0.15, -0.1) is 11.3 Å². The van der Waals surface area contributed by atoms with Crippen molar-refractivity contribution >= 4 is 34.5 Å². The molecule has 1 atom stereocenters. The van der Waals surface area contributed by atoms with Crippen LogP contribution in [0.25, 0.3) is 0 Å². The Hall–Kier alpha value is -2.60. The molecule has 2 heterocycles. The van der Waals surface area contributed by atoms with Crippen LogP contribution in [0.3, 0.4) is 0 Å². The van der Waals surface area contributed by atoms with Crippen molar-refractivity contribution < 1.29 is 14.7 Å². The lowest BCUT2D eigenvalue weighted by atomic mass is 9.74. The summed E-state index contributed by atoms with van der Waals surface area (Å²) in [6.45, 7) is 4.03. The molecule has 0 unspecified atom stereocenters. The number of carboxylic acid groups (broad SMARTS) is 1. The predicted octanol–water partition coefficient (Wildman–Crippen LogP) is 4.45. The largest absolute Gasteiger partial charge is 0.480 e. The maximum atomic E-state index is 13.2. The number of allylic oxidation sites excluding steroid dienone is 1. The lowest BCUT2D eigenvalue weighted by Gasteiger charge is -2.36. The molecule has 5 nitrogen and oxygen atoms in total. The molecule has 27 heavy (non-hydrogen) atoms. The zero-order chi connectivity index (χ0) is 19.2. The number of hydrogen-bond acceptors (Lipinski definition) is 5. The van der Waals surface area contributed by atoms with E-state index in [-0.39, 0.29) is 17.7 Å². The van der Waals surface area contributed by atoms with E-state index < -0.39 is 12.0 Å². The third kappa shape index (κ3) is 3.25. The van der Waals surface area contributed by atoms with E-state index in [1.54, 1.807) is 11.3 Å². The second-order valence-electron chi connectivity index (χ2n) is 7.91.